The summed E-state index contributed by atoms with van der Waals surface area (Å²) in [5.74, 6) is -0.106. The summed E-state index contributed by atoms with van der Waals surface area (Å²) in [4.78, 5) is 13.0. The molecule has 0 saturated carbocycles. The first-order valence-corrected chi connectivity index (χ1v) is 12.7. The number of fused-ring (bicyclic) bond motifs is 1. The fourth-order valence-corrected chi connectivity index (χ4v) is 5.80. The molecule has 3 aromatic carbocycles. The van der Waals surface area contributed by atoms with Crippen LogP contribution >= 0.6 is 0 Å². The van der Waals surface area contributed by atoms with Gasteiger partial charge in [-0.05, 0) is 61.1 Å². The number of amides is 1. The van der Waals surface area contributed by atoms with E-state index in [9.17, 15) is 13.2 Å². The van der Waals surface area contributed by atoms with Crippen LogP contribution in [0.3, 0.4) is 0 Å². The maximum absolute atomic E-state index is 13.1. The minimum absolute atomic E-state index is 0.0355. The van der Waals surface area contributed by atoms with Crippen molar-refractivity contribution >= 4 is 26.7 Å². The highest BCUT2D eigenvalue weighted by atomic mass is 32.2. The molecule has 1 atom stereocenters. The third-order valence-electron chi connectivity index (χ3n) is 6.28. The molecule has 0 aliphatic carbocycles. The summed E-state index contributed by atoms with van der Waals surface area (Å²) >= 11 is 0. The van der Waals surface area contributed by atoms with Gasteiger partial charge in [0.25, 0.3) is 0 Å². The van der Waals surface area contributed by atoms with E-state index < -0.39 is 10.0 Å². The van der Waals surface area contributed by atoms with Crippen molar-refractivity contribution < 1.29 is 13.2 Å². The molecule has 1 amide bonds. The molecule has 32 heavy (non-hydrogen) atoms. The maximum atomic E-state index is 13.1. The van der Waals surface area contributed by atoms with E-state index in [-0.39, 0.29) is 17.9 Å². The van der Waals surface area contributed by atoms with E-state index in [0.717, 1.165) is 23.6 Å². The molecule has 1 aliphatic rings. The maximum Gasteiger partial charge on any atom is 0.243 e. The molecule has 0 aromatic heterocycles. The Morgan fingerprint density at radius 2 is 1.62 bits per heavy atom. The van der Waals surface area contributed by atoms with Crippen molar-refractivity contribution in [3.8, 4) is 0 Å². The van der Waals surface area contributed by atoms with Gasteiger partial charge < -0.3 is 5.32 Å². The van der Waals surface area contributed by atoms with Gasteiger partial charge in [-0.3, -0.25) is 4.79 Å². The molecule has 3 aromatic rings. The molecule has 4 rings (SSSR count). The van der Waals surface area contributed by atoms with Gasteiger partial charge in [-0.2, -0.15) is 4.31 Å². The van der Waals surface area contributed by atoms with Gasteiger partial charge in [-0.1, -0.05) is 60.7 Å². The van der Waals surface area contributed by atoms with Crippen molar-refractivity contribution in [2.45, 2.75) is 43.5 Å². The zero-order chi connectivity index (χ0) is 22.6. The van der Waals surface area contributed by atoms with E-state index >= 15 is 0 Å². The number of carbonyl (C=O) groups excluding carboxylic acids is 1. The number of piperidine rings is 1. The molecule has 0 bridgehead atoms. The zero-order valence-corrected chi connectivity index (χ0v) is 19.2. The molecule has 1 unspecified atom stereocenters. The van der Waals surface area contributed by atoms with E-state index in [1.165, 1.54) is 9.87 Å². The molecule has 5 nitrogen and oxygen atoms in total. The van der Waals surface area contributed by atoms with Gasteiger partial charge in [0, 0.05) is 25.0 Å². The zero-order valence-electron chi connectivity index (χ0n) is 18.4. The SMILES string of the molecule is CC(CCc1ccccc1)NC(=O)C1CCN(S(=O)(=O)c2ccc3ccccc3c2)CC1. The van der Waals surface area contributed by atoms with Crippen molar-refractivity contribution in [1.82, 2.24) is 9.62 Å². The lowest BCUT2D eigenvalue weighted by molar-refractivity contribution is -0.126. The Labute approximate surface area is 190 Å². The van der Waals surface area contributed by atoms with Crippen molar-refractivity contribution in [2.24, 2.45) is 5.92 Å². The predicted molar refractivity (Wildman–Crippen MR) is 128 cm³/mol. The second-order valence-corrected chi connectivity index (χ2v) is 10.6. The lowest BCUT2D eigenvalue weighted by Gasteiger charge is -2.31. The largest absolute Gasteiger partial charge is 0.353 e. The van der Waals surface area contributed by atoms with Gasteiger partial charge in [-0.25, -0.2) is 8.42 Å². The van der Waals surface area contributed by atoms with Crippen molar-refractivity contribution in [3.05, 3.63) is 78.4 Å². The molecular weight excluding hydrogens is 420 g/mol. The average molecular weight is 451 g/mol. The quantitative estimate of drug-likeness (QED) is 0.581. The van der Waals surface area contributed by atoms with Crippen LogP contribution in [0.5, 0.6) is 0 Å². The Kier molecular flexibility index (Phi) is 6.92. The molecular formula is C26H30N2O3S. The van der Waals surface area contributed by atoms with Gasteiger partial charge in [-0.15, -0.1) is 0 Å². The number of benzene rings is 3. The first-order chi connectivity index (χ1) is 15.4. The Morgan fingerprint density at radius 3 is 2.34 bits per heavy atom. The smallest absolute Gasteiger partial charge is 0.243 e. The molecule has 1 heterocycles. The van der Waals surface area contributed by atoms with Crippen LogP contribution in [0.15, 0.2) is 77.7 Å². The monoisotopic (exact) mass is 450 g/mol. The minimum Gasteiger partial charge on any atom is -0.353 e. The van der Waals surface area contributed by atoms with Crippen LogP contribution in [0.25, 0.3) is 10.8 Å². The topological polar surface area (TPSA) is 66.5 Å². The standard InChI is InChI=1S/C26H30N2O3S/c1-20(11-12-21-7-3-2-4-8-21)27-26(29)23-15-17-28(18-16-23)32(30,31)25-14-13-22-9-5-6-10-24(22)19-25/h2-10,13-14,19-20,23H,11-12,15-18H2,1H3,(H,27,29). The minimum atomic E-state index is -3.56. The van der Waals surface area contributed by atoms with E-state index in [4.69, 9.17) is 0 Å². The van der Waals surface area contributed by atoms with Gasteiger partial charge in [0.05, 0.1) is 4.90 Å². The first-order valence-electron chi connectivity index (χ1n) is 11.3. The number of sulfonamides is 1. The lowest BCUT2D eigenvalue weighted by Crippen LogP contribution is -2.44. The normalized spacial score (nSPS) is 16.7. The van der Waals surface area contributed by atoms with Crippen molar-refractivity contribution in [1.29, 1.82) is 0 Å². The van der Waals surface area contributed by atoms with Crippen LogP contribution in [0.1, 0.15) is 31.7 Å². The highest BCUT2D eigenvalue weighted by Crippen LogP contribution is 2.26. The van der Waals surface area contributed by atoms with E-state index in [0.29, 0.717) is 30.8 Å². The first kappa shape index (κ1) is 22.5. The summed E-state index contributed by atoms with van der Waals surface area (Å²) in [7, 11) is -3.56. The van der Waals surface area contributed by atoms with Crippen LogP contribution in [0.4, 0.5) is 0 Å². The molecule has 0 radical (unpaired) electrons. The molecule has 1 fully saturated rings. The summed E-state index contributed by atoms with van der Waals surface area (Å²) in [6.45, 7) is 2.76. The Balaban J connectivity index is 1.31. The van der Waals surface area contributed by atoms with Gasteiger partial charge >= 0.3 is 0 Å². The van der Waals surface area contributed by atoms with Crippen LogP contribution in [0, 0.1) is 5.92 Å². The lowest BCUT2D eigenvalue weighted by atomic mass is 9.96. The number of aryl methyl sites for hydroxylation is 1. The fourth-order valence-electron chi connectivity index (χ4n) is 4.30. The number of hydrogen-bond donors (Lipinski definition) is 1. The number of hydrogen-bond acceptors (Lipinski definition) is 3. The highest BCUT2D eigenvalue weighted by molar-refractivity contribution is 7.89. The second kappa shape index (κ2) is 9.84. The Hall–Kier alpha value is -2.70. The number of carbonyl (C=O) groups is 1. The Morgan fingerprint density at radius 1 is 0.969 bits per heavy atom. The molecule has 1 aliphatic heterocycles. The van der Waals surface area contributed by atoms with Crippen LogP contribution in [0.2, 0.25) is 0 Å². The van der Waals surface area contributed by atoms with E-state index in [2.05, 4.69) is 17.4 Å². The van der Waals surface area contributed by atoms with Crippen molar-refractivity contribution in [2.75, 3.05) is 13.1 Å². The number of nitrogens with zero attached hydrogens (tertiary/aromatic N) is 1. The summed E-state index contributed by atoms with van der Waals surface area (Å²) < 4.78 is 27.8. The van der Waals surface area contributed by atoms with Gasteiger partial charge in [0.2, 0.25) is 15.9 Å². The van der Waals surface area contributed by atoms with Crippen LogP contribution < -0.4 is 5.32 Å². The molecule has 0 spiro atoms. The highest BCUT2D eigenvalue weighted by Gasteiger charge is 2.32. The number of nitrogens with one attached hydrogen (secondary N) is 1. The van der Waals surface area contributed by atoms with Gasteiger partial charge in [0.15, 0.2) is 0 Å². The molecule has 168 valence electrons. The second-order valence-electron chi connectivity index (χ2n) is 8.62. The summed E-state index contributed by atoms with van der Waals surface area (Å²) in [6.07, 6.45) is 2.89. The molecule has 6 heteroatoms. The number of rotatable bonds is 7. The van der Waals surface area contributed by atoms with Gasteiger partial charge in [0.1, 0.15) is 0 Å². The Bertz CT molecular complexity index is 1170. The molecule has 1 saturated heterocycles. The molecule has 1 N–H and O–H groups in total. The third kappa shape index (κ3) is 5.19. The van der Waals surface area contributed by atoms with Crippen LogP contribution in [-0.2, 0) is 21.2 Å². The van der Waals surface area contributed by atoms with Crippen molar-refractivity contribution in [3.63, 3.8) is 0 Å². The average Bonchev–Trinajstić information content (AvgIpc) is 2.83. The fraction of sp³-hybridized carbons (Fsp3) is 0.346. The van der Waals surface area contributed by atoms with Crippen LogP contribution in [-0.4, -0.2) is 37.8 Å². The van der Waals surface area contributed by atoms with E-state index in [1.807, 2.05) is 55.5 Å². The third-order valence-corrected chi connectivity index (χ3v) is 8.18. The summed E-state index contributed by atoms with van der Waals surface area (Å²) in [5.41, 5.74) is 1.26. The summed E-state index contributed by atoms with van der Waals surface area (Å²) in [6, 6.07) is 23.3. The van der Waals surface area contributed by atoms with E-state index in [1.54, 1.807) is 12.1 Å². The summed E-state index contributed by atoms with van der Waals surface area (Å²) in [5, 5.41) is 5.04. The predicted octanol–water partition coefficient (Wildman–Crippen LogP) is 4.38.